The molecule has 1 aromatic carbocycles. The van der Waals surface area contributed by atoms with Crippen molar-refractivity contribution in [2.75, 3.05) is 18.2 Å². The van der Waals surface area contributed by atoms with E-state index in [-0.39, 0.29) is 11.5 Å². The number of anilines is 3. The van der Waals surface area contributed by atoms with Gasteiger partial charge in [0, 0.05) is 4.47 Å². The molecule has 0 aliphatic heterocycles. The number of nitrogens with one attached hydrogen (secondary N) is 1. The maximum atomic E-state index is 13.8. The Morgan fingerprint density at radius 1 is 1.45 bits per heavy atom. The molecule has 0 saturated heterocycles. The second kappa shape index (κ2) is 6.29. The zero-order valence-electron chi connectivity index (χ0n) is 10.5. The number of aromatic nitrogens is 2. The van der Waals surface area contributed by atoms with Gasteiger partial charge in [-0.3, -0.25) is 0 Å². The smallest absolute Gasteiger partial charge is 0.147 e. The molecule has 8 heteroatoms. The highest BCUT2D eigenvalue weighted by molar-refractivity contribution is 9.10. The fourth-order valence-corrected chi connectivity index (χ4v) is 1.79. The van der Waals surface area contributed by atoms with Crippen molar-refractivity contribution in [3.05, 3.63) is 40.4 Å². The molecule has 0 atom stereocenters. The Balaban J connectivity index is 2.38. The molecular weight excluding hydrogens is 329 g/mol. The van der Waals surface area contributed by atoms with Crippen molar-refractivity contribution in [3.63, 3.8) is 0 Å². The van der Waals surface area contributed by atoms with Crippen LogP contribution in [-0.4, -0.2) is 23.3 Å². The normalized spacial score (nSPS) is 10.8. The van der Waals surface area contributed by atoms with Crippen molar-refractivity contribution in [2.24, 2.45) is 5.16 Å². The Labute approximate surface area is 123 Å². The van der Waals surface area contributed by atoms with Crippen molar-refractivity contribution in [1.82, 2.24) is 9.97 Å². The minimum Gasteiger partial charge on any atom is -0.399 e. The summed E-state index contributed by atoms with van der Waals surface area (Å²) in [5, 5.41) is 6.46. The minimum absolute atomic E-state index is 0.209. The van der Waals surface area contributed by atoms with Gasteiger partial charge in [-0.25, -0.2) is 14.4 Å². The van der Waals surface area contributed by atoms with E-state index in [0.717, 1.165) is 0 Å². The number of nitrogens with zero attached hydrogens (tertiary/aromatic N) is 3. The van der Waals surface area contributed by atoms with Crippen LogP contribution >= 0.6 is 15.9 Å². The molecule has 0 spiro atoms. The molecular formula is C12H11BrFN5O. The Morgan fingerprint density at radius 3 is 2.95 bits per heavy atom. The summed E-state index contributed by atoms with van der Waals surface area (Å²) in [6, 6.07) is 4.63. The Bertz CT molecular complexity index is 650. The number of nitrogens with two attached hydrogens (primary N) is 1. The first-order valence-corrected chi connectivity index (χ1v) is 6.30. The zero-order chi connectivity index (χ0) is 14.5. The topological polar surface area (TPSA) is 85.4 Å². The standard InChI is InChI=1S/C12H11BrFN5O/c1-20-18-5-8-11(15)16-6-17-12(8)19-10-3-2-7(13)4-9(10)14/h2-6H,1H3,(H3,15,16,17,19)/b18-5-. The predicted octanol–water partition coefficient (Wildman–Crippen LogP) is 2.68. The van der Waals surface area contributed by atoms with Gasteiger partial charge in [0.05, 0.1) is 17.5 Å². The zero-order valence-corrected chi connectivity index (χ0v) is 12.1. The molecule has 1 heterocycles. The van der Waals surface area contributed by atoms with Crippen LogP contribution in [0.25, 0.3) is 0 Å². The molecule has 0 radical (unpaired) electrons. The molecule has 20 heavy (non-hydrogen) atoms. The van der Waals surface area contributed by atoms with Gasteiger partial charge in [-0.1, -0.05) is 21.1 Å². The SMILES string of the molecule is CO/N=C\c1c(N)ncnc1Nc1ccc(Br)cc1F. The summed E-state index contributed by atoms with van der Waals surface area (Å²) >= 11 is 3.19. The molecule has 1 aromatic heterocycles. The van der Waals surface area contributed by atoms with Crippen LogP contribution in [0.3, 0.4) is 0 Å². The van der Waals surface area contributed by atoms with E-state index in [2.05, 4.69) is 41.2 Å². The van der Waals surface area contributed by atoms with Gasteiger partial charge in [-0.2, -0.15) is 0 Å². The van der Waals surface area contributed by atoms with Crippen LogP contribution in [0.1, 0.15) is 5.56 Å². The lowest BCUT2D eigenvalue weighted by atomic mass is 10.2. The highest BCUT2D eigenvalue weighted by Gasteiger charge is 2.10. The van der Waals surface area contributed by atoms with Gasteiger partial charge in [0.2, 0.25) is 0 Å². The van der Waals surface area contributed by atoms with Gasteiger partial charge >= 0.3 is 0 Å². The average molecular weight is 340 g/mol. The van der Waals surface area contributed by atoms with E-state index in [1.54, 1.807) is 12.1 Å². The molecule has 0 aliphatic carbocycles. The van der Waals surface area contributed by atoms with Crippen molar-refractivity contribution in [1.29, 1.82) is 0 Å². The molecule has 3 N–H and O–H groups in total. The summed E-state index contributed by atoms with van der Waals surface area (Å²) in [5.41, 5.74) is 6.41. The second-order valence-electron chi connectivity index (χ2n) is 3.69. The van der Waals surface area contributed by atoms with Gasteiger partial charge < -0.3 is 15.9 Å². The fourth-order valence-electron chi connectivity index (χ4n) is 1.46. The molecule has 0 amide bonds. The Hall–Kier alpha value is -2.22. The van der Waals surface area contributed by atoms with Crippen molar-refractivity contribution >= 4 is 39.5 Å². The first-order chi connectivity index (χ1) is 9.61. The largest absolute Gasteiger partial charge is 0.399 e. The molecule has 2 rings (SSSR count). The van der Waals surface area contributed by atoms with Crippen LogP contribution in [0, 0.1) is 5.82 Å². The first kappa shape index (κ1) is 14.2. The van der Waals surface area contributed by atoms with Crippen LogP contribution in [0.5, 0.6) is 0 Å². The highest BCUT2D eigenvalue weighted by Crippen LogP contribution is 2.24. The summed E-state index contributed by atoms with van der Waals surface area (Å²) in [4.78, 5) is 12.5. The van der Waals surface area contributed by atoms with E-state index in [0.29, 0.717) is 15.9 Å². The summed E-state index contributed by atoms with van der Waals surface area (Å²) in [7, 11) is 1.40. The second-order valence-corrected chi connectivity index (χ2v) is 4.60. The molecule has 2 aromatic rings. The van der Waals surface area contributed by atoms with E-state index in [4.69, 9.17) is 5.73 Å². The van der Waals surface area contributed by atoms with Gasteiger partial charge in [0.1, 0.15) is 30.9 Å². The molecule has 0 fully saturated rings. The lowest BCUT2D eigenvalue weighted by Crippen LogP contribution is -2.05. The third-order valence-corrected chi connectivity index (χ3v) is 2.88. The molecule has 6 nitrogen and oxygen atoms in total. The summed E-state index contributed by atoms with van der Waals surface area (Å²) < 4.78 is 14.4. The molecule has 0 bridgehead atoms. The van der Waals surface area contributed by atoms with E-state index in [9.17, 15) is 4.39 Å². The van der Waals surface area contributed by atoms with Crippen LogP contribution in [0.2, 0.25) is 0 Å². The third-order valence-electron chi connectivity index (χ3n) is 2.39. The quantitative estimate of drug-likeness (QED) is 0.660. The first-order valence-electron chi connectivity index (χ1n) is 5.51. The fraction of sp³-hybridized carbons (Fsp3) is 0.0833. The monoisotopic (exact) mass is 339 g/mol. The van der Waals surface area contributed by atoms with Gasteiger partial charge in [0.15, 0.2) is 0 Å². The predicted molar refractivity (Wildman–Crippen MR) is 78.4 cm³/mol. The number of hydrogen-bond acceptors (Lipinski definition) is 6. The van der Waals surface area contributed by atoms with Gasteiger partial charge in [0.25, 0.3) is 0 Å². The maximum absolute atomic E-state index is 13.8. The van der Waals surface area contributed by atoms with Gasteiger partial charge in [-0.15, -0.1) is 0 Å². The van der Waals surface area contributed by atoms with Crippen molar-refractivity contribution < 1.29 is 9.23 Å². The van der Waals surface area contributed by atoms with E-state index >= 15 is 0 Å². The molecule has 0 unspecified atom stereocenters. The number of oxime groups is 1. The summed E-state index contributed by atoms with van der Waals surface area (Å²) in [6.45, 7) is 0. The third kappa shape index (κ3) is 3.21. The maximum Gasteiger partial charge on any atom is 0.147 e. The van der Waals surface area contributed by atoms with Crippen molar-refractivity contribution in [3.8, 4) is 0 Å². The van der Waals surface area contributed by atoms with E-state index < -0.39 is 5.82 Å². The molecule has 104 valence electrons. The lowest BCUT2D eigenvalue weighted by molar-refractivity contribution is 0.215. The van der Waals surface area contributed by atoms with Crippen molar-refractivity contribution in [2.45, 2.75) is 0 Å². The number of rotatable bonds is 4. The average Bonchev–Trinajstić information content (AvgIpc) is 2.41. The lowest BCUT2D eigenvalue weighted by Gasteiger charge is -2.10. The summed E-state index contributed by atoms with van der Waals surface area (Å²) in [6.07, 6.45) is 2.63. The van der Waals surface area contributed by atoms with E-state index in [1.807, 2.05) is 0 Å². The number of nitrogen functional groups attached to an aromatic ring is 1. The van der Waals surface area contributed by atoms with Crippen LogP contribution in [0.15, 0.2) is 34.2 Å². The Morgan fingerprint density at radius 2 is 2.25 bits per heavy atom. The van der Waals surface area contributed by atoms with Gasteiger partial charge in [-0.05, 0) is 18.2 Å². The van der Waals surface area contributed by atoms with Crippen LogP contribution in [-0.2, 0) is 4.84 Å². The number of hydrogen-bond donors (Lipinski definition) is 2. The minimum atomic E-state index is -0.425. The summed E-state index contributed by atoms with van der Waals surface area (Å²) in [5.74, 6) is 0.117. The van der Waals surface area contributed by atoms with Crippen LogP contribution < -0.4 is 11.1 Å². The van der Waals surface area contributed by atoms with Crippen LogP contribution in [0.4, 0.5) is 21.7 Å². The van der Waals surface area contributed by atoms with E-state index in [1.165, 1.54) is 25.7 Å². The highest BCUT2D eigenvalue weighted by atomic mass is 79.9. The Kier molecular flexibility index (Phi) is 4.46. The number of halogens is 2. The number of benzene rings is 1. The molecule has 0 saturated carbocycles. The molecule has 0 aliphatic rings.